The van der Waals surface area contributed by atoms with Gasteiger partial charge in [-0.25, -0.2) is 0 Å². The van der Waals surface area contributed by atoms with Crippen LogP contribution < -0.4 is 0 Å². The molecule has 1 aromatic rings. The number of hydrogen-bond donors (Lipinski definition) is 1. The molecule has 2 heteroatoms. The van der Waals surface area contributed by atoms with Crippen molar-refractivity contribution in [2.75, 3.05) is 6.61 Å². The molecule has 0 heterocycles. The van der Waals surface area contributed by atoms with Crippen LogP contribution in [0.4, 0.5) is 0 Å². The first-order valence-corrected chi connectivity index (χ1v) is 16.3. The highest BCUT2D eigenvalue weighted by molar-refractivity contribution is 5.34. The maximum Gasteiger partial charge on any atom is 0.0717 e. The first-order chi connectivity index (χ1) is 18.3. The molecule has 5 aliphatic rings. The molecule has 0 bridgehead atoms. The number of hydrogen-bond acceptors (Lipinski definition) is 2. The molecule has 4 saturated carbocycles. The van der Waals surface area contributed by atoms with E-state index in [-0.39, 0.29) is 22.3 Å². The van der Waals surface area contributed by atoms with Gasteiger partial charge in [0.05, 0.1) is 19.3 Å². The Morgan fingerprint density at radius 1 is 0.821 bits per heavy atom. The van der Waals surface area contributed by atoms with Crippen LogP contribution in [-0.4, -0.2) is 17.8 Å². The van der Waals surface area contributed by atoms with Gasteiger partial charge in [0.1, 0.15) is 0 Å². The highest BCUT2D eigenvalue weighted by Crippen LogP contribution is 2.75. The first kappa shape index (κ1) is 28.0. The maximum atomic E-state index is 11.0. The molecule has 0 aromatic heterocycles. The number of ether oxygens (including phenoxy) is 1. The van der Waals surface area contributed by atoms with Crippen LogP contribution in [0.15, 0.2) is 42.0 Å². The molecule has 8 atom stereocenters. The second-order valence-corrected chi connectivity index (χ2v) is 16.9. The lowest BCUT2D eigenvalue weighted by Gasteiger charge is -2.71. The van der Waals surface area contributed by atoms with Gasteiger partial charge in [-0.05, 0) is 115 Å². The number of rotatable bonds is 4. The summed E-state index contributed by atoms with van der Waals surface area (Å²) in [6.07, 6.45) is 15.2. The van der Waals surface area contributed by atoms with Gasteiger partial charge < -0.3 is 9.84 Å². The van der Waals surface area contributed by atoms with Gasteiger partial charge in [0, 0.05) is 5.41 Å². The topological polar surface area (TPSA) is 29.5 Å². The van der Waals surface area contributed by atoms with Gasteiger partial charge in [0.2, 0.25) is 0 Å². The average molecular weight is 533 g/mol. The second-order valence-electron chi connectivity index (χ2n) is 16.9. The van der Waals surface area contributed by atoms with Crippen molar-refractivity contribution in [2.45, 2.75) is 125 Å². The molecule has 0 saturated heterocycles. The van der Waals surface area contributed by atoms with E-state index in [0.717, 1.165) is 19.6 Å². The third kappa shape index (κ3) is 4.08. The Kier molecular flexibility index (Phi) is 6.60. The Morgan fingerprint density at radius 2 is 1.54 bits per heavy atom. The van der Waals surface area contributed by atoms with E-state index < -0.39 is 0 Å². The molecule has 39 heavy (non-hydrogen) atoms. The summed E-state index contributed by atoms with van der Waals surface area (Å²) in [7, 11) is 0. The lowest BCUT2D eigenvalue weighted by molar-refractivity contribution is -0.205. The van der Waals surface area contributed by atoms with Crippen LogP contribution in [0.3, 0.4) is 0 Å². The minimum atomic E-state index is -0.152. The van der Waals surface area contributed by atoms with Crippen LogP contribution >= 0.6 is 0 Å². The number of fused-ring (bicyclic) bond motifs is 7. The summed E-state index contributed by atoms with van der Waals surface area (Å²) < 4.78 is 6.60. The van der Waals surface area contributed by atoms with E-state index in [2.05, 4.69) is 84.9 Å². The van der Waals surface area contributed by atoms with Crippen LogP contribution in [0.5, 0.6) is 0 Å². The molecule has 1 N–H and O–H groups in total. The van der Waals surface area contributed by atoms with Crippen molar-refractivity contribution in [1.82, 2.24) is 0 Å². The molecule has 0 aliphatic heterocycles. The number of aliphatic hydroxyl groups is 1. The predicted molar refractivity (Wildman–Crippen MR) is 161 cm³/mol. The molecule has 0 amide bonds. The highest BCUT2D eigenvalue weighted by atomic mass is 16.5. The smallest absolute Gasteiger partial charge is 0.0717 e. The Hall–Kier alpha value is -1.12. The number of aliphatic hydroxyl groups excluding tert-OH is 1. The van der Waals surface area contributed by atoms with E-state index in [1.807, 2.05) is 5.57 Å². The monoisotopic (exact) mass is 532 g/mol. The SMILES string of the molecule is CC1(C)CCC2(COCc3ccccc3)CC[C@]3(C)C(=CCC4[C@@]5(C)CCC(O)C(C)(C)C5CC[C@]43C)[C@@H]2C1. The van der Waals surface area contributed by atoms with E-state index in [9.17, 15) is 5.11 Å². The Bertz CT molecular complexity index is 1100. The molecular formula is C37H56O2. The predicted octanol–water partition coefficient (Wildman–Crippen LogP) is 9.37. The number of benzene rings is 1. The number of allylic oxidation sites excluding steroid dienone is 2. The largest absolute Gasteiger partial charge is 0.393 e. The Morgan fingerprint density at radius 3 is 2.28 bits per heavy atom. The average Bonchev–Trinajstić information content (AvgIpc) is 2.88. The van der Waals surface area contributed by atoms with Crippen molar-refractivity contribution in [3.05, 3.63) is 47.5 Å². The summed E-state index contributed by atoms with van der Waals surface area (Å²) in [4.78, 5) is 0. The quantitative estimate of drug-likeness (QED) is 0.391. The lowest BCUT2D eigenvalue weighted by atomic mass is 9.33. The van der Waals surface area contributed by atoms with Gasteiger partial charge in [0.25, 0.3) is 0 Å². The van der Waals surface area contributed by atoms with E-state index in [1.54, 1.807) is 0 Å². The van der Waals surface area contributed by atoms with Gasteiger partial charge in [-0.1, -0.05) is 90.4 Å². The Labute approximate surface area is 239 Å². The van der Waals surface area contributed by atoms with Gasteiger partial charge in [-0.3, -0.25) is 0 Å². The molecule has 5 aliphatic carbocycles. The summed E-state index contributed by atoms with van der Waals surface area (Å²) in [5, 5.41) is 11.0. The first-order valence-electron chi connectivity index (χ1n) is 16.3. The van der Waals surface area contributed by atoms with Crippen LogP contribution in [0.25, 0.3) is 0 Å². The van der Waals surface area contributed by atoms with Crippen molar-refractivity contribution in [2.24, 2.45) is 50.2 Å². The molecule has 4 fully saturated rings. The summed E-state index contributed by atoms with van der Waals surface area (Å²) in [6.45, 7) is 19.4. The standard InChI is InChI=1S/C37H56O2/c1-32(2)19-21-37(25-39-24-26-11-9-8-10-12-26)22-20-35(6)27(28(37)23-32)13-14-30-34(5)17-16-31(38)33(3,4)29(34)15-18-36(30,35)7/h8-13,28-31,38H,14-25H2,1-7H3/t28-,29?,30?,31?,34-,35+,36+,37?/m0/s1. The molecule has 0 spiro atoms. The maximum absolute atomic E-state index is 11.0. The van der Waals surface area contributed by atoms with Gasteiger partial charge in [0.15, 0.2) is 0 Å². The minimum absolute atomic E-state index is 0.0183. The lowest BCUT2D eigenvalue weighted by Crippen LogP contribution is -2.64. The van der Waals surface area contributed by atoms with Gasteiger partial charge in [-0.15, -0.1) is 0 Å². The zero-order valence-corrected chi connectivity index (χ0v) is 26.1. The fourth-order valence-corrected chi connectivity index (χ4v) is 11.5. The molecular weight excluding hydrogens is 476 g/mol. The van der Waals surface area contributed by atoms with Crippen LogP contribution in [0, 0.1) is 50.2 Å². The zero-order valence-electron chi connectivity index (χ0n) is 26.1. The van der Waals surface area contributed by atoms with E-state index >= 15 is 0 Å². The van der Waals surface area contributed by atoms with Crippen molar-refractivity contribution >= 4 is 0 Å². The molecule has 0 radical (unpaired) electrons. The van der Waals surface area contributed by atoms with Crippen LogP contribution in [0.2, 0.25) is 0 Å². The summed E-state index contributed by atoms with van der Waals surface area (Å²) in [5.74, 6) is 1.97. The van der Waals surface area contributed by atoms with Gasteiger partial charge >= 0.3 is 0 Å². The molecule has 1 aromatic carbocycles. The van der Waals surface area contributed by atoms with Crippen molar-refractivity contribution < 1.29 is 9.84 Å². The molecule has 216 valence electrons. The van der Waals surface area contributed by atoms with Gasteiger partial charge in [-0.2, -0.15) is 0 Å². The fourth-order valence-electron chi connectivity index (χ4n) is 11.5. The van der Waals surface area contributed by atoms with Crippen molar-refractivity contribution in [3.63, 3.8) is 0 Å². The van der Waals surface area contributed by atoms with E-state index in [1.165, 1.54) is 63.4 Å². The molecule has 6 rings (SSSR count). The van der Waals surface area contributed by atoms with E-state index in [4.69, 9.17) is 4.74 Å². The normalized spacial score (nSPS) is 46.2. The second kappa shape index (κ2) is 9.19. The van der Waals surface area contributed by atoms with Crippen LogP contribution in [-0.2, 0) is 11.3 Å². The zero-order chi connectivity index (χ0) is 27.9. The van der Waals surface area contributed by atoms with Crippen molar-refractivity contribution in [3.8, 4) is 0 Å². The van der Waals surface area contributed by atoms with E-state index in [0.29, 0.717) is 34.0 Å². The molecule has 2 nitrogen and oxygen atoms in total. The summed E-state index contributed by atoms with van der Waals surface area (Å²) >= 11 is 0. The Balaban J connectivity index is 1.33. The van der Waals surface area contributed by atoms with Crippen LogP contribution in [0.1, 0.15) is 118 Å². The third-order valence-corrected chi connectivity index (χ3v) is 14.3. The third-order valence-electron chi connectivity index (χ3n) is 14.3. The minimum Gasteiger partial charge on any atom is -0.393 e. The molecule has 4 unspecified atom stereocenters. The summed E-state index contributed by atoms with van der Waals surface area (Å²) in [5.41, 5.74) is 4.74. The highest BCUT2D eigenvalue weighted by Gasteiger charge is 2.68. The van der Waals surface area contributed by atoms with Crippen molar-refractivity contribution in [1.29, 1.82) is 0 Å². The fraction of sp³-hybridized carbons (Fsp3) is 0.784. The summed E-state index contributed by atoms with van der Waals surface area (Å²) in [6, 6.07) is 10.7.